The average molecular weight is 279 g/mol. The molecular weight excluding hydrogens is 262 g/mol. The van der Waals surface area contributed by atoms with E-state index in [1.807, 2.05) is 12.4 Å². The predicted octanol–water partition coefficient (Wildman–Crippen LogP) is 1.29. The van der Waals surface area contributed by atoms with Gasteiger partial charge in [-0.1, -0.05) is 18.2 Å². The molecule has 0 bridgehead atoms. The molecule has 1 aromatic heterocycles. The molecule has 5 nitrogen and oxygen atoms in total. The first kappa shape index (κ1) is 12.3. The first-order valence-electron chi connectivity index (χ1n) is 7.19. The van der Waals surface area contributed by atoms with Gasteiger partial charge in [-0.25, -0.2) is 9.97 Å². The van der Waals surface area contributed by atoms with Gasteiger partial charge in [-0.2, -0.15) is 0 Å². The van der Waals surface area contributed by atoms with Crippen LogP contribution in [0.5, 0.6) is 0 Å². The second-order valence-electron chi connectivity index (χ2n) is 5.89. The van der Waals surface area contributed by atoms with Crippen LogP contribution in [-0.4, -0.2) is 28.0 Å². The van der Waals surface area contributed by atoms with Gasteiger partial charge in [0.05, 0.1) is 12.1 Å². The van der Waals surface area contributed by atoms with E-state index >= 15 is 0 Å². The molecule has 0 radical (unpaired) electrons. The minimum absolute atomic E-state index is 0.0362. The van der Waals surface area contributed by atoms with Gasteiger partial charge in [0.1, 0.15) is 6.33 Å². The van der Waals surface area contributed by atoms with E-state index in [4.69, 9.17) is 5.73 Å². The van der Waals surface area contributed by atoms with Crippen molar-refractivity contribution in [2.24, 2.45) is 10.7 Å². The molecule has 1 aliphatic carbocycles. The number of hydrogen-bond acceptors (Lipinski definition) is 5. The Morgan fingerprint density at radius 2 is 1.95 bits per heavy atom. The zero-order valence-corrected chi connectivity index (χ0v) is 11.7. The van der Waals surface area contributed by atoms with Crippen molar-refractivity contribution < 1.29 is 0 Å². The summed E-state index contributed by atoms with van der Waals surface area (Å²) in [7, 11) is 0. The second kappa shape index (κ2) is 4.55. The molecular formula is C16H17N5. The highest BCUT2D eigenvalue weighted by Gasteiger charge is 2.37. The molecule has 1 atom stereocenters. The van der Waals surface area contributed by atoms with Crippen LogP contribution in [-0.2, 0) is 12.8 Å². The van der Waals surface area contributed by atoms with Gasteiger partial charge in [0.25, 0.3) is 0 Å². The lowest BCUT2D eigenvalue weighted by Gasteiger charge is -2.34. The molecule has 0 amide bonds. The molecule has 1 unspecified atom stereocenters. The smallest absolute Gasteiger partial charge is 0.189 e. The molecule has 2 heterocycles. The van der Waals surface area contributed by atoms with E-state index in [-0.39, 0.29) is 5.54 Å². The van der Waals surface area contributed by atoms with E-state index in [9.17, 15) is 0 Å². The van der Waals surface area contributed by atoms with E-state index in [2.05, 4.69) is 38.5 Å². The quantitative estimate of drug-likeness (QED) is 0.824. The maximum atomic E-state index is 5.79. The van der Waals surface area contributed by atoms with Gasteiger partial charge in [-0.15, -0.1) is 0 Å². The number of fused-ring (bicyclic) bond motifs is 1. The van der Waals surface area contributed by atoms with Crippen molar-refractivity contribution in [3.63, 3.8) is 0 Å². The minimum Gasteiger partial charge on any atom is -0.370 e. The maximum absolute atomic E-state index is 5.79. The number of guanidine groups is 1. The van der Waals surface area contributed by atoms with Crippen molar-refractivity contribution in [3.05, 3.63) is 48.0 Å². The SMILES string of the molecule is NC1=NCC2(CCc3cc(-c4cncnc4)ccc3C2)N1. The number of nitrogens with zero attached hydrogens (tertiary/aromatic N) is 3. The third kappa shape index (κ3) is 2.14. The molecule has 2 aliphatic rings. The Balaban J connectivity index is 1.64. The Morgan fingerprint density at radius 1 is 1.10 bits per heavy atom. The van der Waals surface area contributed by atoms with Crippen molar-refractivity contribution in [3.8, 4) is 11.1 Å². The van der Waals surface area contributed by atoms with Crippen LogP contribution in [0, 0.1) is 0 Å². The summed E-state index contributed by atoms with van der Waals surface area (Å²) in [5.74, 6) is 0.580. The number of aromatic nitrogens is 2. The molecule has 0 saturated carbocycles. The number of hydrogen-bond donors (Lipinski definition) is 2. The van der Waals surface area contributed by atoms with Crippen LogP contribution in [0.3, 0.4) is 0 Å². The summed E-state index contributed by atoms with van der Waals surface area (Å²) in [5.41, 5.74) is 10.9. The molecule has 0 fully saturated rings. The lowest BCUT2D eigenvalue weighted by atomic mass is 9.77. The Kier molecular flexibility index (Phi) is 2.67. The number of benzene rings is 1. The van der Waals surface area contributed by atoms with E-state index in [0.717, 1.165) is 31.4 Å². The Labute approximate surface area is 123 Å². The normalized spacial score (nSPS) is 23.5. The van der Waals surface area contributed by atoms with Crippen LogP contribution in [0.4, 0.5) is 0 Å². The zero-order chi connectivity index (χ0) is 14.3. The zero-order valence-electron chi connectivity index (χ0n) is 11.7. The van der Waals surface area contributed by atoms with Crippen LogP contribution < -0.4 is 11.1 Å². The monoisotopic (exact) mass is 279 g/mol. The number of aliphatic imine (C=N–C) groups is 1. The van der Waals surface area contributed by atoms with Crippen LogP contribution in [0.25, 0.3) is 11.1 Å². The Bertz CT molecular complexity index is 710. The summed E-state index contributed by atoms with van der Waals surface area (Å²) in [6.07, 6.45) is 8.36. The van der Waals surface area contributed by atoms with E-state index in [1.165, 1.54) is 16.7 Å². The largest absolute Gasteiger partial charge is 0.370 e. The summed E-state index contributed by atoms with van der Waals surface area (Å²) in [6.45, 7) is 0.784. The van der Waals surface area contributed by atoms with Gasteiger partial charge in [-0.3, -0.25) is 4.99 Å². The van der Waals surface area contributed by atoms with E-state index < -0.39 is 0 Å². The Morgan fingerprint density at radius 3 is 2.71 bits per heavy atom. The van der Waals surface area contributed by atoms with Gasteiger partial charge in [0.2, 0.25) is 0 Å². The highest BCUT2D eigenvalue weighted by Crippen LogP contribution is 2.33. The van der Waals surface area contributed by atoms with Gasteiger partial charge < -0.3 is 11.1 Å². The average Bonchev–Trinajstić information content (AvgIpc) is 2.88. The Hall–Kier alpha value is -2.43. The molecule has 1 aliphatic heterocycles. The maximum Gasteiger partial charge on any atom is 0.189 e. The molecule has 21 heavy (non-hydrogen) atoms. The number of nitrogens with one attached hydrogen (secondary N) is 1. The predicted molar refractivity (Wildman–Crippen MR) is 81.8 cm³/mol. The molecule has 3 N–H and O–H groups in total. The molecule has 1 aromatic carbocycles. The van der Waals surface area contributed by atoms with E-state index in [1.54, 1.807) is 6.33 Å². The number of nitrogens with two attached hydrogens (primary N) is 1. The molecule has 106 valence electrons. The highest BCUT2D eigenvalue weighted by atomic mass is 15.2. The lowest BCUT2D eigenvalue weighted by Crippen LogP contribution is -2.51. The first-order valence-corrected chi connectivity index (χ1v) is 7.19. The summed E-state index contributed by atoms with van der Waals surface area (Å²) in [6, 6.07) is 6.63. The fraction of sp³-hybridized carbons (Fsp3) is 0.312. The third-order valence-corrected chi connectivity index (χ3v) is 4.45. The third-order valence-electron chi connectivity index (χ3n) is 4.45. The molecule has 1 spiro atoms. The molecule has 4 rings (SSSR count). The highest BCUT2D eigenvalue weighted by molar-refractivity contribution is 5.81. The van der Waals surface area contributed by atoms with Crippen LogP contribution in [0.15, 0.2) is 41.9 Å². The summed E-state index contributed by atoms with van der Waals surface area (Å²) >= 11 is 0. The second-order valence-corrected chi connectivity index (χ2v) is 5.89. The van der Waals surface area contributed by atoms with Crippen molar-refractivity contribution in [1.29, 1.82) is 0 Å². The molecule has 0 saturated heterocycles. The van der Waals surface area contributed by atoms with Crippen LogP contribution >= 0.6 is 0 Å². The van der Waals surface area contributed by atoms with Gasteiger partial charge in [0, 0.05) is 18.0 Å². The number of rotatable bonds is 1. The summed E-state index contributed by atoms with van der Waals surface area (Å²) in [5, 5.41) is 3.36. The van der Waals surface area contributed by atoms with Crippen LogP contribution in [0.1, 0.15) is 17.5 Å². The van der Waals surface area contributed by atoms with Crippen molar-refractivity contribution >= 4 is 5.96 Å². The molecule has 2 aromatic rings. The number of aryl methyl sites for hydroxylation is 1. The van der Waals surface area contributed by atoms with Crippen molar-refractivity contribution in [1.82, 2.24) is 15.3 Å². The first-order chi connectivity index (χ1) is 10.2. The topological polar surface area (TPSA) is 76.2 Å². The fourth-order valence-corrected chi connectivity index (χ4v) is 3.31. The van der Waals surface area contributed by atoms with Gasteiger partial charge in [0.15, 0.2) is 5.96 Å². The van der Waals surface area contributed by atoms with Crippen molar-refractivity contribution in [2.45, 2.75) is 24.8 Å². The summed E-state index contributed by atoms with van der Waals surface area (Å²) < 4.78 is 0. The van der Waals surface area contributed by atoms with Gasteiger partial charge in [-0.05, 0) is 36.0 Å². The van der Waals surface area contributed by atoms with Gasteiger partial charge >= 0.3 is 0 Å². The van der Waals surface area contributed by atoms with Crippen molar-refractivity contribution in [2.75, 3.05) is 6.54 Å². The van der Waals surface area contributed by atoms with Crippen LogP contribution in [0.2, 0.25) is 0 Å². The minimum atomic E-state index is 0.0362. The molecule has 5 heteroatoms. The van der Waals surface area contributed by atoms with E-state index in [0.29, 0.717) is 5.96 Å². The lowest BCUT2D eigenvalue weighted by molar-refractivity contribution is 0.361. The standard InChI is InChI=1S/C16H17N5/c17-15-20-9-16(21-15)4-3-12-5-11(1-2-13(12)6-16)14-7-18-10-19-8-14/h1-2,5,7-8,10H,3-4,6,9H2,(H3,17,20,21). The fourth-order valence-electron chi connectivity index (χ4n) is 3.31. The summed E-state index contributed by atoms with van der Waals surface area (Å²) in [4.78, 5) is 12.5.